The quantitative estimate of drug-likeness (QED) is 0.704. The first kappa shape index (κ1) is 9.97. The molecule has 14 heavy (non-hydrogen) atoms. The van der Waals surface area contributed by atoms with Crippen LogP contribution in [0.4, 0.5) is 0 Å². The Morgan fingerprint density at radius 3 is 2.86 bits per heavy atom. The third-order valence-electron chi connectivity index (χ3n) is 3.56. The van der Waals surface area contributed by atoms with Gasteiger partial charge in [0.15, 0.2) is 0 Å². The fourth-order valence-corrected chi connectivity index (χ4v) is 2.42. The number of carbonyl (C=O) groups is 1. The van der Waals surface area contributed by atoms with E-state index in [1.165, 1.54) is 6.42 Å². The van der Waals surface area contributed by atoms with E-state index in [1.54, 1.807) is 0 Å². The molecule has 0 aromatic rings. The summed E-state index contributed by atoms with van der Waals surface area (Å²) >= 11 is 0. The Kier molecular flexibility index (Phi) is 2.77. The van der Waals surface area contributed by atoms with E-state index in [0.717, 1.165) is 31.2 Å². The highest BCUT2D eigenvalue weighted by Gasteiger charge is 2.38. The summed E-state index contributed by atoms with van der Waals surface area (Å²) in [5.41, 5.74) is 0. The van der Waals surface area contributed by atoms with E-state index in [2.05, 4.69) is 24.5 Å². The molecule has 1 heterocycles. The minimum Gasteiger partial charge on any atom is -0.355 e. The van der Waals surface area contributed by atoms with Crippen LogP contribution < -0.4 is 10.6 Å². The first-order chi connectivity index (χ1) is 6.68. The predicted molar refractivity (Wildman–Crippen MR) is 55.9 cm³/mol. The van der Waals surface area contributed by atoms with Crippen molar-refractivity contribution in [3.8, 4) is 0 Å². The Morgan fingerprint density at radius 2 is 2.29 bits per heavy atom. The van der Waals surface area contributed by atoms with Crippen LogP contribution in [0.3, 0.4) is 0 Å². The van der Waals surface area contributed by atoms with Gasteiger partial charge < -0.3 is 10.6 Å². The summed E-state index contributed by atoms with van der Waals surface area (Å²) in [6.45, 7) is 5.34. The molecule has 2 N–H and O–H groups in total. The number of piperidine rings is 1. The van der Waals surface area contributed by atoms with Gasteiger partial charge in [-0.25, -0.2) is 0 Å². The molecule has 4 unspecified atom stereocenters. The third kappa shape index (κ3) is 2.08. The van der Waals surface area contributed by atoms with Gasteiger partial charge in [-0.2, -0.15) is 0 Å². The highest BCUT2D eigenvalue weighted by Crippen LogP contribution is 2.40. The van der Waals surface area contributed by atoms with Crippen molar-refractivity contribution < 1.29 is 4.79 Å². The molecule has 2 aliphatic rings. The van der Waals surface area contributed by atoms with E-state index >= 15 is 0 Å². The number of hydrogen-bond acceptors (Lipinski definition) is 2. The fourth-order valence-electron chi connectivity index (χ4n) is 2.42. The highest BCUT2D eigenvalue weighted by atomic mass is 16.2. The molecular formula is C11H20N2O. The standard InChI is InChI=1S/C11H20N2O/c1-7-6-9(7)8(2)13-10-4-3-5-12-11(10)14/h7-10,13H,3-6H2,1-2H3,(H,12,14). The molecule has 0 bridgehead atoms. The van der Waals surface area contributed by atoms with Crippen LogP contribution in [0.1, 0.15) is 33.1 Å². The average molecular weight is 196 g/mol. The lowest BCUT2D eigenvalue weighted by Gasteiger charge is -2.26. The molecule has 1 saturated carbocycles. The van der Waals surface area contributed by atoms with Crippen LogP contribution in [0.25, 0.3) is 0 Å². The first-order valence-corrected chi connectivity index (χ1v) is 5.72. The van der Waals surface area contributed by atoms with Crippen molar-refractivity contribution in [2.24, 2.45) is 11.8 Å². The summed E-state index contributed by atoms with van der Waals surface area (Å²) in [5.74, 6) is 1.84. The summed E-state index contributed by atoms with van der Waals surface area (Å²) in [6.07, 6.45) is 3.43. The molecule has 2 fully saturated rings. The Bertz CT molecular complexity index is 229. The van der Waals surface area contributed by atoms with Crippen molar-refractivity contribution in [1.29, 1.82) is 0 Å². The number of hydrogen-bond donors (Lipinski definition) is 2. The van der Waals surface area contributed by atoms with E-state index in [1.807, 2.05) is 0 Å². The molecule has 3 heteroatoms. The normalized spacial score (nSPS) is 39.0. The molecule has 0 radical (unpaired) electrons. The van der Waals surface area contributed by atoms with Crippen molar-refractivity contribution in [3.05, 3.63) is 0 Å². The second-order valence-corrected chi connectivity index (χ2v) is 4.82. The molecule has 1 aliphatic heterocycles. The van der Waals surface area contributed by atoms with E-state index in [0.29, 0.717) is 6.04 Å². The van der Waals surface area contributed by atoms with Gasteiger partial charge in [0.05, 0.1) is 6.04 Å². The lowest BCUT2D eigenvalue weighted by molar-refractivity contribution is -0.124. The number of rotatable bonds is 3. The SMILES string of the molecule is CC1CC1C(C)NC1CCCNC1=O. The van der Waals surface area contributed by atoms with Gasteiger partial charge in [0.1, 0.15) is 0 Å². The minimum absolute atomic E-state index is 0.0616. The van der Waals surface area contributed by atoms with E-state index in [4.69, 9.17) is 0 Å². The molecular weight excluding hydrogens is 176 g/mol. The monoisotopic (exact) mass is 196 g/mol. The lowest BCUT2D eigenvalue weighted by atomic mass is 10.0. The number of amides is 1. The second kappa shape index (κ2) is 3.89. The van der Waals surface area contributed by atoms with Crippen LogP contribution in [-0.4, -0.2) is 24.5 Å². The zero-order chi connectivity index (χ0) is 10.1. The van der Waals surface area contributed by atoms with Crippen LogP contribution in [0.2, 0.25) is 0 Å². The van der Waals surface area contributed by atoms with Crippen molar-refractivity contribution in [2.45, 2.75) is 45.2 Å². The lowest BCUT2D eigenvalue weighted by Crippen LogP contribution is -2.51. The molecule has 1 saturated heterocycles. The van der Waals surface area contributed by atoms with Crippen molar-refractivity contribution >= 4 is 5.91 Å². The Labute approximate surface area is 85.6 Å². The summed E-state index contributed by atoms with van der Waals surface area (Å²) in [7, 11) is 0. The first-order valence-electron chi connectivity index (χ1n) is 5.72. The summed E-state index contributed by atoms with van der Waals surface area (Å²) < 4.78 is 0. The molecule has 0 aromatic heterocycles. The van der Waals surface area contributed by atoms with Gasteiger partial charge in [-0.3, -0.25) is 4.79 Å². The van der Waals surface area contributed by atoms with Gasteiger partial charge in [0, 0.05) is 12.6 Å². The second-order valence-electron chi connectivity index (χ2n) is 4.82. The summed E-state index contributed by atoms with van der Waals surface area (Å²) in [6, 6.07) is 0.561. The highest BCUT2D eigenvalue weighted by molar-refractivity contribution is 5.82. The molecule has 0 spiro atoms. The average Bonchev–Trinajstić information content (AvgIpc) is 2.87. The van der Waals surface area contributed by atoms with Crippen molar-refractivity contribution in [1.82, 2.24) is 10.6 Å². The third-order valence-corrected chi connectivity index (χ3v) is 3.56. The fraction of sp³-hybridized carbons (Fsp3) is 0.909. The summed E-state index contributed by atoms with van der Waals surface area (Å²) in [5, 5.41) is 6.36. The zero-order valence-electron chi connectivity index (χ0n) is 9.05. The number of carbonyl (C=O) groups excluding carboxylic acids is 1. The van der Waals surface area contributed by atoms with Gasteiger partial charge in [-0.1, -0.05) is 6.92 Å². The molecule has 1 aliphatic carbocycles. The van der Waals surface area contributed by atoms with Crippen LogP contribution >= 0.6 is 0 Å². The van der Waals surface area contributed by atoms with E-state index < -0.39 is 0 Å². The molecule has 2 rings (SSSR count). The molecule has 0 aromatic carbocycles. The molecule has 3 nitrogen and oxygen atoms in total. The molecule has 4 atom stereocenters. The van der Waals surface area contributed by atoms with Crippen LogP contribution in [0, 0.1) is 11.8 Å². The maximum Gasteiger partial charge on any atom is 0.237 e. The molecule has 80 valence electrons. The van der Waals surface area contributed by atoms with Crippen molar-refractivity contribution in [3.63, 3.8) is 0 Å². The van der Waals surface area contributed by atoms with Gasteiger partial charge in [0.25, 0.3) is 0 Å². The number of nitrogens with one attached hydrogen (secondary N) is 2. The molecule has 1 amide bonds. The van der Waals surface area contributed by atoms with Crippen molar-refractivity contribution in [2.75, 3.05) is 6.54 Å². The minimum atomic E-state index is 0.0616. The van der Waals surface area contributed by atoms with E-state index in [9.17, 15) is 4.79 Å². The van der Waals surface area contributed by atoms with E-state index in [-0.39, 0.29) is 11.9 Å². The summed E-state index contributed by atoms with van der Waals surface area (Å²) in [4.78, 5) is 11.5. The van der Waals surface area contributed by atoms with Crippen LogP contribution in [-0.2, 0) is 4.79 Å². The Balaban J connectivity index is 1.80. The topological polar surface area (TPSA) is 41.1 Å². The van der Waals surface area contributed by atoms with Gasteiger partial charge in [-0.15, -0.1) is 0 Å². The zero-order valence-corrected chi connectivity index (χ0v) is 9.05. The Hall–Kier alpha value is -0.570. The van der Waals surface area contributed by atoms with Crippen LogP contribution in [0.15, 0.2) is 0 Å². The Morgan fingerprint density at radius 1 is 1.57 bits per heavy atom. The smallest absolute Gasteiger partial charge is 0.237 e. The van der Waals surface area contributed by atoms with Crippen LogP contribution in [0.5, 0.6) is 0 Å². The van der Waals surface area contributed by atoms with Gasteiger partial charge >= 0.3 is 0 Å². The largest absolute Gasteiger partial charge is 0.355 e. The van der Waals surface area contributed by atoms with Gasteiger partial charge in [0.2, 0.25) is 5.91 Å². The predicted octanol–water partition coefficient (Wildman–Crippen LogP) is 0.899. The maximum absolute atomic E-state index is 11.5. The maximum atomic E-state index is 11.5. The van der Waals surface area contributed by atoms with Gasteiger partial charge in [-0.05, 0) is 38.0 Å².